The third kappa shape index (κ3) is 4.92. The zero-order valence-corrected chi connectivity index (χ0v) is 15.9. The Bertz CT molecular complexity index is 887. The lowest BCUT2D eigenvalue weighted by Gasteiger charge is -2.08. The first-order chi connectivity index (χ1) is 13.2. The number of pyridine rings is 1. The Morgan fingerprint density at radius 2 is 2.04 bits per heavy atom. The van der Waals surface area contributed by atoms with Gasteiger partial charge in [0.1, 0.15) is 11.3 Å². The fourth-order valence-corrected chi connectivity index (χ4v) is 3.07. The number of carbonyl (C=O) groups excluding carboxylic acids is 1. The van der Waals surface area contributed by atoms with E-state index in [4.69, 9.17) is 4.74 Å². The zero-order chi connectivity index (χ0) is 19.1. The lowest BCUT2D eigenvalue weighted by molar-refractivity contribution is -0.116. The van der Waals surface area contributed by atoms with Crippen molar-refractivity contribution >= 4 is 22.8 Å². The summed E-state index contributed by atoms with van der Waals surface area (Å²) >= 11 is 0. The molecule has 6 heteroatoms. The summed E-state index contributed by atoms with van der Waals surface area (Å²) in [6.07, 6.45) is 4.68. The molecule has 0 aliphatic rings. The molecular weight excluding hydrogens is 340 g/mol. The molecule has 0 atom stereocenters. The van der Waals surface area contributed by atoms with Gasteiger partial charge in [0.2, 0.25) is 5.91 Å². The number of nitrogens with zero attached hydrogens (tertiary/aromatic N) is 3. The number of aromatic nitrogens is 3. The Kier molecular flexibility index (Phi) is 6.54. The molecule has 0 saturated carbocycles. The molecule has 3 rings (SSSR count). The Labute approximate surface area is 159 Å². The molecule has 0 fully saturated rings. The van der Waals surface area contributed by atoms with Crippen molar-refractivity contribution in [1.29, 1.82) is 0 Å². The minimum absolute atomic E-state index is 0.0249. The molecule has 2 aromatic heterocycles. The second-order valence-electron chi connectivity index (χ2n) is 6.47. The van der Waals surface area contributed by atoms with E-state index >= 15 is 0 Å². The first-order valence-corrected chi connectivity index (χ1v) is 9.39. The number of hydrogen-bond acceptors (Lipinski definition) is 4. The molecule has 1 aromatic carbocycles. The normalized spacial score (nSPS) is 11.0. The largest absolute Gasteiger partial charge is 0.383 e. The fourth-order valence-electron chi connectivity index (χ4n) is 3.07. The van der Waals surface area contributed by atoms with E-state index in [9.17, 15) is 4.79 Å². The molecule has 0 radical (unpaired) electrons. The molecule has 0 spiro atoms. The number of imidazole rings is 1. The van der Waals surface area contributed by atoms with Crippen molar-refractivity contribution in [3.8, 4) is 0 Å². The van der Waals surface area contributed by atoms with E-state index in [1.165, 1.54) is 5.56 Å². The second-order valence-corrected chi connectivity index (χ2v) is 6.47. The molecule has 0 bridgehead atoms. The maximum atomic E-state index is 12.2. The van der Waals surface area contributed by atoms with Crippen LogP contribution in [0, 0.1) is 0 Å². The molecule has 0 unspecified atom stereocenters. The summed E-state index contributed by atoms with van der Waals surface area (Å²) in [6, 6.07) is 11.8. The van der Waals surface area contributed by atoms with Crippen LogP contribution < -0.4 is 5.32 Å². The van der Waals surface area contributed by atoms with Crippen molar-refractivity contribution in [2.75, 3.05) is 19.0 Å². The molecule has 3 aromatic rings. The van der Waals surface area contributed by atoms with E-state index in [1.807, 2.05) is 36.4 Å². The Morgan fingerprint density at radius 1 is 1.22 bits per heavy atom. The van der Waals surface area contributed by atoms with Crippen LogP contribution in [0.25, 0.3) is 11.2 Å². The molecule has 27 heavy (non-hydrogen) atoms. The summed E-state index contributed by atoms with van der Waals surface area (Å²) in [7, 11) is 1.68. The van der Waals surface area contributed by atoms with Gasteiger partial charge in [-0.2, -0.15) is 0 Å². The number of ether oxygens (including phenoxy) is 1. The highest BCUT2D eigenvalue weighted by Crippen LogP contribution is 2.16. The Morgan fingerprint density at radius 3 is 2.78 bits per heavy atom. The van der Waals surface area contributed by atoms with Crippen molar-refractivity contribution in [2.45, 2.75) is 39.2 Å². The number of benzene rings is 1. The predicted molar refractivity (Wildman–Crippen MR) is 107 cm³/mol. The highest BCUT2D eigenvalue weighted by atomic mass is 16.5. The number of fused-ring (bicyclic) bond motifs is 1. The molecule has 2 heterocycles. The van der Waals surface area contributed by atoms with Gasteiger partial charge in [-0.15, -0.1) is 0 Å². The van der Waals surface area contributed by atoms with Gasteiger partial charge in [-0.1, -0.05) is 19.1 Å². The van der Waals surface area contributed by atoms with Gasteiger partial charge in [0.25, 0.3) is 0 Å². The van der Waals surface area contributed by atoms with Gasteiger partial charge in [-0.25, -0.2) is 9.97 Å². The van der Waals surface area contributed by atoms with Crippen molar-refractivity contribution in [1.82, 2.24) is 14.5 Å². The van der Waals surface area contributed by atoms with Crippen LogP contribution in [0.15, 0.2) is 42.6 Å². The van der Waals surface area contributed by atoms with Crippen molar-refractivity contribution in [3.63, 3.8) is 0 Å². The van der Waals surface area contributed by atoms with Crippen molar-refractivity contribution in [2.24, 2.45) is 0 Å². The standard InChI is InChI=1S/C21H26N4O2/c1-3-16-9-11-17(12-10-16)23-20(26)8-4-7-19-24-18-6-5-13-22-21(18)25(19)14-15-27-2/h5-6,9-13H,3-4,7-8,14-15H2,1-2H3,(H,23,26). The summed E-state index contributed by atoms with van der Waals surface area (Å²) in [5, 5.41) is 2.96. The van der Waals surface area contributed by atoms with E-state index in [-0.39, 0.29) is 5.91 Å². The molecule has 0 aliphatic carbocycles. The number of aryl methyl sites for hydroxylation is 2. The third-order valence-corrected chi connectivity index (χ3v) is 4.55. The quantitative estimate of drug-likeness (QED) is 0.628. The monoisotopic (exact) mass is 366 g/mol. The number of nitrogens with one attached hydrogen (secondary N) is 1. The highest BCUT2D eigenvalue weighted by molar-refractivity contribution is 5.90. The highest BCUT2D eigenvalue weighted by Gasteiger charge is 2.12. The van der Waals surface area contributed by atoms with Crippen LogP contribution in [0.5, 0.6) is 0 Å². The number of rotatable bonds is 9. The SMILES string of the molecule is CCc1ccc(NC(=O)CCCc2nc3cccnc3n2CCOC)cc1. The maximum absolute atomic E-state index is 12.2. The smallest absolute Gasteiger partial charge is 0.224 e. The molecule has 0 saturated heterocycles. The van der Waals surface area contributed by atoms with Gasteiger partial charge in [0.05, 0.1) is 6.61 Å². The van der Waals surface area contributed by atoms with Crippen LogP contribution in [0.2, 0.25) is 0 Å². The van der Waals surface area contributed by atoms with Gasteiger partial charge < -0.3 is 14.6 Å². The van der Waals surface area contributed by atoms with Crippen LogP contribution in [-0.2, 0) is 28.9 Å². The van der Waals surface area contributed by atoms with Gasteiger partial charge >= 0.3 is 0 Å². The fraction of sp³-hybridized carbons (Fsp3) is 0.381. The molecule has 6 nitrogen and oxygen atoms in total. The lowest BCUT2D eigenvalue weighted by atomic mass is 10.1. The van der Waals surface area contributed by atoms with Gasteiger partial charge in [-0.3, -0.25) is 4.79 Å². The first-order valence-electron chi connectivity index (χ1n) is 9.39. The predicted octanol–water partition coefficient (Wildman–Crippen LogP) is 3.60. The summed E-state index contributed by atoms with van der Waals surface area (Å²) in [5.74, 6) is 0.970. The van der Waals surface area contributed by atoms with Crippen LogP contribution in [-0.4, -0.2) is 34.2 Å². The van der Waals surface area contributed by atoms with E-state index < -0.39 is 0 Å². The lowest BCUT2D eigenvalue weighted by Crippen LogP contribution is -2.13. The van der Waals surface area contributed by atoms with Crippen LogP contribution in [0.4, 0.5) is 5.69 Å². The number of amides is 1. The summed E-state index contributed by atoms with van der Waals surface area (Å²) < 4.78 is 7.29. The molecule has 142 valence electrons. The number of anilines is 1. The second kappa shape index (κ2) is 9.28. The van der Waals surface area contributed by atoms with Crippen LogP contribution in [0.1, 0.15) is 31.2 Å². The summed E-state index contributed by atoms with van der Waals surface area (Å²) in [6.45, 7) is 3.42. The summed E-state index contributed by atoms with van der Waals surface area (Å²) in [5.41, 5.74) is 3.85. The van der Waals surface area contributed by atoms with Gasteiger partial charge in [0.15, 0.2) is 5.65 Å². The molecule has 0 aliphatic heterocycles. The molecule has 1 amide bonds. The molecular formula is C21H26N4O2. The first kappa shape index (κ1) is 19.0. The third-order valence-electron chi connectivity index (χ3n) is 4.55. The summed E-state index contributed by atoms with van der Waals surface area (Å²) in [4.78, 5) is 21.3. The van der Waals surface area contributed by atoms with Crippen molar-refractivity contribution in [3.05, 3.63) is 54.0 Å². The van der Waals surface area contributed by atoms with E-state index in [1.54, 1.807) is 13.3 Å². The van der Waals surface area contributed by atoms with E-state index in [0.717, 1.165) is 41.9 Å². The van der Waals surface area contributed by atoms with Crippen LogP contribution >= 0.6 is 0 Å². The van der Waals surface area contributed by atoms with E-state index in [2.05, 4.69) is 26.8 Å². The van der Waals surface area contributed by atoms with E-state index in [0.29, 0.717) is 19.6 Å². The maximum Gasteiger partial charge on any atom is 0.224 e. The average molecular weight is 366 g/mol. The number of carbonyl (C=O) groups is 1. The minimum Gasteiger partial charge on any atom is -0.383 e. The minimum atomic E-state index is 0.0249. The number of methoxy groups -OCH3 is 1. The van der Waals surface area contributed by atoms with Crippen LogP contribution in [0.3, 0.4) is 0 Å². The molecule has 1 N–H and O–H groups in total. The Hall–Kier alpha value is -2.73. The van der Waals surface area contributed by atoms with Gasteiger partial charge in [-0.05, 0) is 42.7 Å². The van der Waals surface area contributed by atoms with Gasteiger partial charge in [0, 0.05) is 38.4 Å². The Balaban J connectivity index is 1.58. The number of hydrogen-bond donors (Lipinski definition) is 1. The van der Waals surface area contributed by atoms with Crippen molar-refractivity contribution < 1.29 is 9.53 Å². The topological polar surface area (TPSA) is 69.0 Å². The average Bonchev–Trinajstić information content (AvgIpc) is 3.04. The zero-order valence-electron chi connectivity index (χ0n) is 15.9.